The van der Waals surface area contributed by atoms with Crippen molar-refractivity contribution in [3.05, 3.63) is 155 Å². The maximum absolute atomic E-state index is 13.7. The lowest BCUT2D eigenvalue weighted by Crippen LogP contribution is -2.34. The van der Waals surface area contributed by atoms with Gasteiger partial charge < -0.3 is 35.3 Å². The van der Waals surface area contributed by atoms with Crippen LogP contribution in [0, 0.1) is 0 Å². The highest BCUT2D eigenvalue weighted by Crippen LogP contribution is 2.49. The van der Waals surface area contributed by atoms with Crippen LogP contribution in [0.1, 0.15) is 5.56 Å². The van der Waals surface area contributed by atoms with Gasteiger partial charge in [-0.15, -0.1) is 0 Å². The summed E-state index contributed by atoms with van der Waals surface area (Å²) in [4.78, 5) is 14.3. The van der Waals surface area contributed by atoms with Gasteiger partial charge in [-0.25, -0.2) is 0 Å². The number of aliphatic hydroxyl groups is 2. The van der Waals surface area contributed by atoms with Gasteiger partial charge in [0.15, 0.2) is 5.78 Å². The SMILES string of the molecule is O=C1C(=C2C(O)=CC(N(c3ccc(S(=O)(=O)O)cc3)c3ccc(S(=O)(=O)O)cc3)C=C2O)C([O-])=C1c1c(O)cc(N(c2ccc(S(=O)(=O)O)cc2)c2ccc(S(=O)(=O)O)cc2)cc1O. The highest BCUT2D eigenvalue weighted by atomic mass is 32.2. The van der Waals surface area contributed by atoms with Crippen LogP contribution in [0.15, 0.2) is 169 Å². The predicted molar refractivity (Wildman–Crippen MR) is 223 cm³/mol. The predicted octanol–water partition coefficient (Wildman–Crippen LogP) is 4.61. The minimum Gasteiger partial charge on any atom is -0.871 e. The number of benzene rings is 5. The first-order valence-corrected chi connectivity index (χ1v) is 23.5. The molecule has 0 saturated carbocycles. The van der Waals surface area contributed by atoms with Crippen LogP contribution in [-0.2, 0) is 45.3 Å². The Morgan fingerprint density at radius 1 is 0.438 bits per heavy atom. The number of ketones is 1. The number of carbonyl (C=O) groups is 1. The number of hydrogen-bond acceptors (Lipinski definition) is 16. The van der Waals surface area contributed by atoms with Gasteiger partial charge in [-0.05, 0) is 109 Å². The Balaban J connectivity index is 1.28. The first-order chi connectivity index (χ1) is 29.8. The Bertz CT molecular complexity index is 3170. The number of aromatic hydroxyl groups is 2. The summed E-state index contributed by atoms with van der Waals surface area (Å²) in [5.74, 6) is -5.65. The van der Waals surface area contributed by atoms with Crippen molar-refractivity contribution in [3.63, 3.8) is 0 Å². The summed E-state index contributed by atoms with van der Waals surface area (Å²) in [6.45, 7) is 0. The van der Waals surface area contributed by atoms with E-state index in [2.05, 4.69) is 0 Å². The molecule has 2 aliphatic rings. The molecule has 8 N–H and O–H groups in total. The van der Waals surface area contributed by atoms with Crippen LogP contribution in [-0.4, -0.2) is 84.1 Å². The Morgan fingerprint density at radius 3 is 1.05 bits per heavy atom. The van der Waals surface area contributed by atoms with Crippen molar-refractivity contribution in [2.45, 2.75) is 25.6 Å². The van der Waals surface area contributed by atoms with E-state index in [0.29, 0.717) is 0 Å². The van der Waals surface area contributed by atoms with Crippen molar-refractivity contribution in [3.8, 4) is 11.5 Å². The zero-order valence-electron chi connectivity index (χ0n) is 31.8. The highest BCUT2D eigenvalue weighted by Gasteiger charge is 2.38. The van der Waals surface area contributed by atoms with Gasteiger partial charge in [-0.1, -0.05) is 5.76 Å². The molecule has 5 aromatic rings. The highest BCUT2D eigenvalue weighted by molar-refractivity contribution is 7.86. The van der Waals surface area contributed by atoms with Crippen molar-refractivity contribution in [1.82, 2.24) is 0 Å². The topological polar surface area (TPSA) is 345 Å². The molecule has 0 spiro atoms. The van der Waals surface area contributed by atoms with E-state index < -0.39 is 123 Å². The fourth-order valence-corrected chi connectivity index (χ4v) is 8.86. The third-order valence-electron chi connectivity index (χ3n) is 9.83. The molecule has 0 radical (unpaired) electrons. The number of phenolic OH excluding ortho intramolecular Hbond substituents is 2. The van der Waals surface area contributed by atoms with Crippen LogP contribution in [0.4, 0.5) is 28.4 Å². The summed E-state index contributed by atoms with van der Waals surface area (Å²) >= 11 is 0. The van der Waals surface area contributed by atoms with Crippen LogP contribution in [0.5, 0.6) is 11.5 Å². The second-order valence-corrected chi connectivity index (χ2v) is 19.5. The molecule has 0 bridgehead atoms. The van der Waals surface area contributed by atoms with Crippen LogP contribution in [0.25, 0.3) is 5.57 Å². The van der Waals surface area contributed by atoms with Gasteiger partial charge in [0.05, 0.1) is 42.4 Å². The first kappa shape index (κ1) is 45.0. The van der Waals surface area contributed by atoms with Gasteiger partial charge in [0.2, 0.25) is 0 Å². The molecule has 2 aliphatic carbocycles. The summed E-state index contributed by atoms with van der Waals surface area (Å²) < 4.78 is 131. The van der Waals surface area contributed by atoms with E-state index >= 15 is 0 Å². The number of hydrogen-bond donors (Lipinski definition) is 8. The van der Waals surface area contributed by atoms with Crippen LogP contribution < -0.4 is 14.9 Å². The van der Waals surface area contributed by atoms with E-state index in [1.807, 2.05) is 0 Å². The summed E-state index contributed by atoms with van der Waals surface area (Å²) in [6.07, 6.45) is 2.13. The molecule has 0 unspecified atom stereocenters. The quantitative estimate of drug-likeness (QED) is 0.0662. The Kier molecular flexibility index (Phi) is 11.2. The molecule has 7 rings (SSSR count). The number of phenols is 2. The van der Waals surface area contributed by atoms with E-state index in [1.54, 1.807) is 0 Å². The molecule has 0 fully saturated rings. The molecule has 332 valence electrons. The number of carbonyl (C=O) groups excluding carboxylic acids is 1. The molecule has 0 amide bonds. The molecule has 5 aromatic carbocycles. The average Bonchev–Trinajstić information content (AvgIpc) is 3.20. The third kappa shape index (κ3) is 8.53. The smallest absolute Gasteiger partial charge is 0.294 e. The van der Waals surface area contributed by atoms with E-state index in [9.17, 15) is 82.2 Å². The van der Waals surface area contributed by atoms with E-state index in [-0.39, 0.29) is 28.4 Å². The summed E-state index contributed by atoms with van der Waals surface area (Å²) in [7, 11) is -18.6. The zero-order chi connectivity index (χ0) is 46.8. The molecule has 0 heterocycles. The number of Topliss-reactive ketones (excluding diaryl/α,β-unsaturated/α-hetero) is 1. The fourth-order valence-electron chi connectivity index (χ4n) is 6.94. The largest absolute Gasteiger partial charge is 0.871 e. The van der Waals surface area contributed by atoms with Gasteiger partial charge in [0.1, 0.15) is 23.0 Å². The van der Waals surface area contributed by atoms with Crippen molar-refractivity contribution in [2.24, 2.45) is 0 Å². The number of rotatable bonds is 11. The Labute approximate surface area is 363 Å². The fraction of sp³-hybridized carbons (Fsp3) is 0.0250. The summed E-state index contributed by atoms with van der Waals surface area (Å²) in [5.41, 5.74) is -2.46. The standard InChI is InChI=1S/C40H30N2O18S4/c43-31-17-25(41(21-1-9-27(10-2-21)61(49,50)51)22-3-11-28(12-4-22)62(52,53)54)18-32(44)35(31)37-39(47)38(40(37)48)36-33(45)19-26(20-34(36)46)42(23-5-13-29(14-6-23)63(55,56)57)24-7-15-30(16-8-24)64(58,59)60/h1-20,25,43-47H,(H,49,50,51)(H,52,53,54)(H,55,56,57)(H,58,59,60)/p-1. The first-order valence-electron chi connectivity index (χ1n) is 17.7. The number of aliphatic hydroxyl groups excluding tert-OH is 2. The van der Waals surface area contributed by atoms with Crippen molar-refractivity contribution >= 4 is 80.3 Å². The van der Waals surface area contributed by atoms with Crippen LogP contribution in [0.3, 0.4) is 0 Å². The number of anilines is 5. The number of nitrogens with zero attached hydrogens (tertiary/aromatic N) is 2. The molecule has 0 atom stereocenters. The Hall–Kier alpha value is -7.03. The van der Waals surface area contributed by atoms with Gasteiger partial charge in [-0.3, -0.25) is 23.0 Å². The van der Waals surface area contributed by atoms with Crippen molar-refractivity contribution in [1.29, 1.82) is 0 Å². The third-order valence-corrected chi connectivity index (χ3v) is 13.3. The zero-order valence-corrected chi connectivity index (χ0v) is 35.1. The maximum atomic E-state index is 13.7. The Morgan fingerprint density at radius 2 is 0.750 bits per heavy atom. The molecule has 20 nitrogen and oxygen atoms in total. The molecule has 0 aliphatic heterocycles. The van der Waals surface area contributed by atoms with E-state index in [4.69, 9.17) is 0 Å². The molecular formula is C40H29N2O18S4-. The second kappa shape index (κ2) is 16.0. The lowest BCUT2D eigenvalue weighted by atomic mass is 9.78. The molecular weight excluding hydrogens is 925 g/mol. The minimum atomic E-state index is -4.64. The summed E-state index contributed by atoms with van der Waals surface area (Å²) in [5, 5.41) is 58.8. The van der Waals surface area contributed by atoms with Gasteiger partial charge in [-0.2, -0.15) is 33.7 Å². The second-order valence-electron chi connectivity index (χ2n) is 13.8. The monoisotopic (exact) mass is 953 g/mol. The maximum Gasteiger partial charge on any atom is 0.294 e. The number of allylic oxidation sites excluding steroid dienone is 2. The molecule has 24 heteroatoms. The minimum absolute atomic E-state index is 0.109. The lowest BCUT2D eigenvalue weighted by Gasteiger charge is -2.36. The average molecular weight is 954 g/mol. The summed E-state index contributed by atoms with van der Waals surface area (Å²) in [6, 6.07) is 18.7. The lowest BCUT2D eigenvalue weighted by molar-refractivity contribution is -0.297. The molecule has 0 saturated heterocycles. The van der Waals surface area contributed by atoms with E-state index in [0.717, 1.165) is 72.8 Å². The molecule has 64 heavy (non-hydrogen) atoms. The van der Waals surface area contributed by atoms with Gasteiger partial charge >= 0.3 is 0 Å². The van der Waals surface area contributed by atoms with Gasteiger partial charge in [0.25, 0.3) is 40.5 Å². The van der Waals surface area contributed by atoms with E-state index in [1.165, 1.54) is 58.3 Å². The van der Waals surface area contributed by atoms with Crippen molar-refractivity contribution < 1.29 is 82.2 Å². The normalized spacial score (nSPS) is 15.9. The van der Waals surface area contributed by atoms with Gasteiger partial charge in [0, 0.05) is 46.0 Å². The van der Waals surface area contributed by atoms with Crippen molar-refractivity contribution in [2.75, 3.05) is 9.80 Å². The van der Waals surface area contributed by atoms with Crippen LogP contribution in [0.2, 0.25) is 0 Å². The molecule has 0 aromatic heterocycles. The van der Waals surface area contributed by atoms with Crippen LogP contribution >= 0.6 is 0 Å².